The van der Waals surface area contributed by atoms with Crippen molar-refractivity contribution in [2.24, 2.45) is 0 Å². The molecule has 0 fully saturated rings. The first-order valence-corrected chi connectivity index (χ1v) is 7.33. The lowest BCUT2D eigenvalue weighted by Crippen LogP contribution is -2.08. The Morgan fingerprint density at radius 3 is 2.95 bits per heavy atom. The molecule has 0 aliphatic heterocycles. The maximum absolute atomic E-state index is 10.8. The highest BCUT2D eigenvalue weighted by Crippen LogP contribution is 2.23. The third-order valence-corrected chi connectivity index (χ3v) is 3.94. The zero-order valence-corrected chi connectivity index (χ0v) is 11.9. The van der Waals surface area contributed by atoms with Crippen LogP contribution >= 0.6 is 11.8 Å². The molecule has 3 heterocycles. The number of pyridine rings is 1. The molecule has 3 aromatic rings. The molecule has 0 aliphatic rings. The van der Waals surface area contributed by atoms with Crippen LogP contribution in [0.4, 0.5) is 0 Å². The molecule has 0 saturated carbocycles. The molecule has 1 N–H and O–H groups in total. The van der Waals surface area contributed by atoms with Crippen LogP contribution in [0.5, 0.6) is 0 Å². The van der Waals surface area contributed by atoms with E-state index in [9.17, 15) is 4.79 Å². The Morgan fingerprint density at radius 1 is 1.29 bits per heavy atom. The largest absolute Gasteiger partial charge is 0.481 e. The van der Waals surface area contributed by atoms with Gasteiger partial charge in [-0.25, -0.2) is 9.97 Å². The van der Waals surface area contributed by atoms with Crippen LogP contribution in [0, 0.1) is 0 Å². The van der Waals surface area contributed by atoms with Crippen molar-refractivity contribution in [1.82, 2.24) is 24.1 Å². The van der Waals surface area contributed by atoms with Crippen molar-refractivity contribution < 1.29 is 9.90 Å². The van der Waals surface area contributed by atoms with Crippen molar-refractivity contribution >= 4 is 28.8 Å². The molecule has 0 unspecified atom stereocenters. The van der Waals surface area contributed by atoms with Crippen LogP contribution in [0.15, 0.2) is 42.3 Å². The molecule has 0 atom stereocenters. The fourth-order valence-electron chi connectivity index (χ4n) is 2.05. The van der Waals surface area contributed by atoms with Crippen molar-refractivity contribution in [3.8, 4) is 0 Å². The summed E-state index contributed by atoms with van der Waals surface area (Å²) in [6, 6.07) is 1.89. The van der Waals surface area contributed by atoms with Gasteiger partial charge in [-0.15, -0.1) is 0 Å². The Labute approximate surface area is 124 Å². The molecule has 0 bridgehead atoms. The molecule has 0 aliphatic carbocycles. The molecule has 0 saturated heterocycles. The number of carboxylic acids is 1. The molecule has 8 heteroatoms. The number of fused-ring (bicyclic) bond motifs is 1. The third kappa shape index (κ3) is 3.05. The second kappa shape index (κ2) is 5.96. The molecule has 3 rings (SSSR count). The van der Waals surface area contributed by atoms with Crippen LogP contribution in [-0.4, -0.2) is 40.9 Å². The van der Waals surface area contributed by atoms with E-state index < -0.39 is 5.97 Å². The molecule has 3 aromatic heterocycles. The van der Waals surface area contributed by atoms with Gasteiger partial charge in [-0.2, -0.15) is 0 Å². The van der Waals surface area contributed by atoms with Crippen molar-refractivity contribution in [1.29, 1.82) is 0 Å². The first-order valence-electron chi connectivity index (χ1n) is 6.34. The summed E-state index contributed by atoms with van der Waals surface area (Å²) < 4.78 is 3.99. The van der Waals surface area contributed by atoms with E-state index in [1.54, 1.807) is 24.9 Å². The summed E-state index contributed by atoms with van der Waals surface area (Å²) in [6.07, 6.45) is 8.78. The number of aromatic nitrogens is 5. The lowest BCUT2D eigenvalue weighted by atomic mass is 10.4. The number of aryl methyl sites for hydroxylation is 2. The number of imidazole rings is 2. The van der Waals surface area contributed by atoms with E-state index in [0.29, 0.717) is 11.7 Å². The Kier molecular flexibility index (Phi) is 3.87. The number of carbonyl (C=O) groups is 1. The van der Waals surface area contributed by atoms with Crippen LogP contribution in [0.25, 0.3) is 11.0 Å². The van der Waals surface area contributed by atoms with Gasteiger partial charge in [-0.3, -0.25) is 9.78 Å². The van der Waals surface area contributed by atoms with Gasteiger partial charge in [0, 0.05) is 31.7 Å². The van der Waals surface area contributed by atoms with Gasteiger partial charge < -0.3 is 14.2 Å². The molecule has 7 nitrogen and oxygen atoms in total. The minimum Gasteiger partial charge on any atom is -0.481 e. The number of carboxylic acid groups (broad SMARTS) is 1. The fourth-order valence-corrected chi connectivity index (χ4v) is 2.81. The molecule has 108 valence electrons. The minimum absolute atomic E-state index is 0.0121. The molecule has 0 aromatic carbocycles. The van der Waals surface area contributed by atoms with E-state index >= 15 is 0 Å². The van der Waals surface area contributed by atoms with E-state index in [-0.39, 0.29) is 5.75 Å². The molecule has 21 heavy (non-hydrogen) atoms. The predicted molar refractivity (Wildman–Crippen MR) is 78.1 cm³/mol. The summed E-state index contributed by atoms with van der Waals surface area (Å²) in [6.45, 7) is 1.44. The highest BCUT2D eigenvalue weighted by molar-refractivity contribution is 7.99. The number of aliphatic carboxylic acids is 1. The molecule has 0 radical (unpaired) electrons. The summed E-state index contributed by atoms with van der Waals surface area (Å²) in [5.41, 5.74) is 1.73. The van der Waals surface area contributed by atoms with Crippen LogP contribution in [0.2, 0.25) is 0 Å². The Hall–Kier alpha value is -2.35. The van der Waals surface area contributed by atoms with Crippen LogP contribution in [0.3, 0.4) is 0 Å². The van der Waals surface area contributed by atoms with Crippen molar-refractivity contribution in [3.05, 3.63) is 37.2 Å². The normalized spacial score (nSPS) is 11.0. The number of nitrogens with zero attached hydrogens (tertiary/aromatic N) is 5. The van der Waals surface area contributed by atoms with Gasteiger partial charge in [0.2, 0.25) is 0 Å². The quantitative estimate of drug-likeness (QED) is 0.695. The maximum Gasteiger partial charge on any atom is 0.313 e. The zero-order chi connectivity index (χ0) is 14.7. The van der Waals surface area contributed by atoms with E-state index in [1.165, 1.54) is 11.8 Å². The van der Waals surface area contributed by atoms with E-state index in [4.69, 9.17) is 5.11 Å². The topological polar surface area (TPSA) is 85.8 Å². The van der Waals surface area contributed by atoms with Crippen LogP contribution in [0.1, 0.15) is 0 Å². The van der Waals surface area contributed by atoms with E-state index in [2.05, 4.69) is 15.0 Å². The lowest BCUT2D eigenvalue weighted by Gasteiger charge is -2.08. The summed E-state index contributed by atoms with van der Waals surface area (Å²) >= 11 is 1.22. The van der Waals surface area contributed by atoms with Gasteiger partial charge in [0.15, 0.2) is 5.16 Å². The zero-order valence-electron chi connectivity index (χ0n) is 11.1. The highest BCUT2D eigenvalue weighted by atomic mass is 32.2. The maximum atomic E-state index is 10.8. The van der Waals surface area contributed by atoms with Crippen molar-refractivity contribution in [2.45, 2.75) is 18.2 Å². The summed E-state index contributed by atoms with van der Waals surface area (Å²) in [4.78, 5) is 23.3. The Morgan fingerprint density at radius 2 is 2.19 bits per heavy atom. The minimum atomic E-state index is -0.855. The third-order valence-electron chi connectivity index (χ3n) is 2.98. The second-order valence-electron chi connectivity index (χ2n) is 4.39. The highest BCUT2D eigenvalue weighted by Gasteiger charge is 2.12. The average Bonchev–Trinajstić information content (AvgIpc) is 3.10. The van der Waals surface area contributed by atoms with E-state index in [1.807, 2.05) is 21.4 Å². The summed E-state index contributed by atoms with van der Waals surface area (Å²) in [5, 5.41) is 9.53. The first kappa shape index (κ1) is 13.6. The second-order valence-corrected chi connectivity index (χ2v) is 5.34. The Balaban J connectivity index is 1.89. The number of rotatable bonds is 6. The van der Waals surface area contributed by atoms with Gasteiger partial charge in [0.1, 0.15) is 5.52 Å². The predicted octanol–water partition coefficient (Wildman–Crippen LogP) is 1.50. The van der Waals surface area contributed by atoms with Crippen molar-refractivity contribution in [3.63, 3.8) is 0 Å². The van der Waals surface area contributed by atoms with Gasteiger partial charge >= 0.3 is 5.97 Å². The number of thioether (sulfide) groups is 1. The summed E-state index contributed by atoms with van der Waals surface area (Å²) in [5.74, 6) is -0.867. The van der Waals surface area contributed by atoms with Crippen LogP contribution in [-0.2, 0) is 17.9 Å². The molecular weight excluding hydrogens is 290 g/mol. The van der Waals surface area contributed by atoms with E-state index in [0.717, 1.165) is 17.6 Å². The van der Waals surface area contributed by atoms with Gasteiger partial charge in [0.25, 0.3) is 0 Å². The SMILES string of the molecule is O=C(O)CSc1nc2cnccc2n1CCn1ccnc1. The molecule has 0 spiro atoms. The standard InChI is InChI=1S/C13H13N5O2S/c19-12(20)8-21-13-16-10-7-14-2-1-11(10)18(13)6-5-17-4-3-15-9-17/h1-4,7,9H,5-6,8H2,(H,19,20). The lowest BCUT2D eigenvalue weighted by molar-refractivity contribution is -0.133. The monoisotopic (exact) mass is 303 g/mol. The first-order chi connectivity index (χ1) is 10.2. The van der Waals surface area contributed by atoms with Gasteiger partial charge in [0.05, 0.1) is 23.8 Å². The molecular formula is C13H13N5O2S. The van der Waals surface area contributed by atoms with Gasteiger partial charge in [-0.05, 0) is 6.07 Å². The fraction of sp³-hybridized carbons (Fsp3) is 0.231. The summed E-state index contributed by atoms with van der Waals surface area (Å²) in [7, 11) is 0. The molecule has 0 amide bonds. The average molecular weight is 303 g/mol. The number of hydrogen-bond donors (Lipinski definition) is 1. The smallest absolute Gasteiger partial charge is 0.313 e. The number of hydrogen-bond acceptors (Lipinski definition) is 5. The van der Waals surface area contributed by atoms with Crippen LogP contribution < -0.4 is 0 Å². The van der Waals surface area contributed by atoms with Crippen molar-refractivity contribution in [2.75, 3.05) is 5.75 Å². The Bertz CT molecular complexity index is 753. The van der Waals surface area contributed by atoms with Gasteiger partial charge in [-0.1, -0.05) is 11.8 Å².